The topological polar surface area (TPSA) is 63.3 Å². The van der Waals surface area contributed by atoms with Gasteiger partial charge in [-0.15, -0.1) is 0 Å². The Kier molecular flexibility index (Phi) is 6.02. The van der Waals surface area contributed by atoms with Crippen LogP contribution in [0.1, 0.15) is 47.1 Å². The Labute approximate surface area is 175 Å². The van der Waals surface area contributed by atoms with E-state index >= 15 is 0 Å². The van der Waals surface area contributed by atoms with Crippen molar-refractivity contribution in [1.29, 1.82) is 0 Å². The Morgan fingerprint density at radius 3 is 2.62 bits per heavy atom. The van der Waals surface area contributed by atoms with Crippen molar-refractivity contribution in [3.63, 3.8) is 0 Å². The third kappa shape index (κ3) is 4.23. The number of aromatic nitrogens is 2. The minimum absolute atomic E-state index is 0.0116. The van der Waals surface area contributed by atoms with Gasteiger partial charge in [-0.25, -0.2) is 4.68 Å². The van der Waals surface area contributed by atoms with Gasteiger partial charge in [0.05, 0.1) is 29.2 Å². The zero-order chi connectivity index (χ0) is 20.2. The van der Waals surface area contributed by atoms with Crippen molar-refractivity contribution in [3.05, 3.63) is 70.9 Å². The van der Waals surface area contributed by atoms with Crippen LogP contribution in [0, 0.1) is 6.92 Å². The molecule has 0 spiro atoms. The maximum absolute atomic E-state index is 13.0. The molecular formula is C22H25ClN4O2. The Hall–Kier alpha value is -2.57. The number of carbonyl (C=O) groups excluding carboxylic acids is 1. The molecule has 1 aromatic carbocycles. The highest BCUT2D eigenvalue weighted by molar-refractivity contribution is 6.33. The van der Waals surface area contributed by atoms with Gasteiger partial charge >= 0.3 is 0 Å². The average Bonchev–Trinajstić information content (AvgIpc) is 3.38. The van der Waals surface area contributed by atoms with E-state index in [0.29, 0.717) is 23.0 Å². The molecule has 1 atom stereocenters. The second-order valence-corrected chi connectivity index (χ2v) is 7.69. The Bertz CT molecular complexity index is 947. The maximum atomic E-state index is 13.0. The monoisotopic (exact) mass is 412 g/mol. The van der Waals surface area contributed by atoms with E-state index in [1.54, 1.807) is 17.9 Å². The smallest absolute Gasteiger partial charge is 0.256 e. The third-order valence-electron chi connectivity index (χ3n) is 5.39. The lowest BCUT2D eigenvalue weighted by atomic mass is 10.1. The minimum atomic E-state index is -0.219. The predicted octanol–water partition coefficient (Wildman–Crippen LogP) is 4.38. The normalized spacial score (nSPS) is 15.9. The van der Waals surface area contributed by atoms with Crippen LogP contribution in [0.15, 0.2) is 53.1 Å². The lowest BCUT2D eigenvalue weighted by molar-refractivity contribution is 0.0913. The van der Waals surface area contributed by atoms with Crippen LogP contribution in [0.25, 0.3) is 5.69 Å². The number of aryl methyl sites for hydroxylation is 1. The van der Waals surface area contributed by atoms with Gasteiger partial charge in [-0.05, 0) is 57.1 Å². The van der Waals surface area contributed by atoms with Crippen LogP contribution in [0.5, 0.6) is 0 Å². The fourth-order valence-electron chi connectivity index (χ4n) is 3.90. The molecule has 1 N–H and O–H groups in total. The summed E-state index contributed by atoms with van der Waals surface area (Å²) >= 11 is 6.53. The highest BCUT2D eigenvalue weighted by atomic mass is 35.5. The van der Waals surface area contributed by atoms with Crippen molar-refractivity contribution in [2.24, 2.45) is 0 Å². The predicted molar refractivity (Wildman–Crippen MR) is 113 cm³/mol. The van der Waals surface area contributed by atoms with E-state index in [4.69, 9.17) is 16.0 Å². The Morgan fingerprint density at radius 2 is 1.93 bits per heavy atom. The lowest BCUT2D eigenvalue weighted by Crippen LogP contribution is -2.40. The number of furan rings is 1. The average molecular weight is 413 g/mol. The molecule has 6 nitrogen and oxygen atoms in total. The van der Waals surface area contributed by atoms with Crippen LogP contribution in [0.3, 0.4) is 0 Å². The molecule has 1 amide bonds. The van der Waals surface area contributed by atoms with Gasteiger partial charge in [-0.2, -0.15) is 5.10 Å². The number of hydrogen-bond donors (Lipinski definition) is 1. The first-order chi connectivity index (χ1) is 14.1. The van der Waals surface area contributed by atoms with Gasteiger partial charge < -0.3 is 9.73 Å². The number of carbonyl (C=O) groups is 1. The molecule has 0 aliphatic carbocycles. The van der Waals surface area contributed by atoms with Gasteiger partial charge in [-0.3, -0.25) is 9.69 Å². The zero-order valence-electron chi connectivity index (χ0n) is 16.5. The first-order valence-electron chi connectivity index (χ1n) is 10.0. The van der Waals surface area contributed by atoms with Crippen molar-refractivity contribution < 1.29 is 9.21 Å². The minimum Gasteiger partial charge on any atom is -0.468 e. The molecule has 1 aliphatic rings. The second kappa shape index (κ2) is 8.84. The number of nitrogens with one attached hydrogen (secondary N) is 1. The molecule has 1 fully saturated rings. The van der Waals surface area contributed by atoms with E-state index < -0.39 is 0 Å². The van der Waals surface area contributed by atoms with E-state index in [2.05, 4.69) is 15.3 Å². The molecule has 0 radical (unpaired) electrons. The summed E-state index contributed by atoms with van der Waals surface area (Å²) in [5, 5.41) is 7.83. The molecule has 1 saturated heterocycles. The van der Waals surface area contributed by atoms with E-state index in [0.717, 1.165) is 24.5 Å². The lowest BCUT2D eigenvalue weighted by Gasteiger charge is -2.33. The van der Waals surface area contributed by atoms with Gasteiger partial charge in [0, 0.05) is 6.54 Å². The standard InChI is InChI=1S/C22H25ClN4O2/c1-16-20(21(23)27(25-16)17-9-4-2-5-10-17)22(28)24-15-18(19-11-8-14-29-19)26-12-6-3-7-13-26/h2,4-5,8-11,14,18H,3,6-7,12-13,15H2,1H3,(H,24,28)/t18-/m1/s1. The van der Waals surface area contributed by atoms with E-state index in [1.165, 1.54) is 19.3 Å². The molecule has 0 saturated carbocycles. The van der Waals surface area contributed by atoms with Gasteiger partial charge in [-0.1, -0.05) is 36.2 Å². The largest absolute Gasteiger partial charge is 0.468 e. The number of hydrogen-bond acceptors (Lipinski definition) is 4. The third-order valence-corrected chi connectivity index (χ3v) is 5.74. The van der Waals surface area contributed by atoms with Crippen molar-refractivity contribution in [1.82, 2.24) is 20.0 Å². The number of nitrogens with zero attached hydrogens (tertiary/aromatic N) is 3. The molecular weight excluding hydrogens is 388 g/mol. The second-order valence-electron chi connectivity index (χ2n) is 7.34. The summed E-state index contributed by atoms with van der Waals surface area (Å²) in [6.07, 6.45) is 5.26. The van der Waals surface area contributed by atoms with Crippen molar-refractivity contribution >= 4 is 17.5 Å². The summed E-state index contributed by atoms with van der Waals surface area (Å²) in [6, 6.07) is 13.4. The van der Waals surface area contributed by atoms with E-state index in [-0.39, 0.29) is 11.9 Å². The van der Waals surface area contributed by atoms with Crippen LogP contribution < -0.4 is 5.32 Å². The molecule has 1 aliphatic heterocycles. The number of likely N-dealkylation sites (tertiary alicyclic amines) is 1. The number of halogens is 1. The molecule has 3 aromatic rings. The van der Waals surface area contributed by atoms with Gasteiger partial charge in [0.25, 0.3) is 5.91 Å². The summed E-state index contributed by atoms with van der Waals surface area (Å²) < 4.78 is 7.26. The van der Waals surface area contributed by atoms with Crippen LogP contribution in [0.2, 0.25) is 5.15 Å². The summed E-state index contributed by atoms with van der Waals surface area (Å²) in [7, 11) is 0. The summed E-state index contributed by atoms with van der Waals surface area (Å²) in [4.78, 5) is 15.4. The van der Waals surface area contributed by atoms with Gasteiger partial charge in [0.1, 0.15) is 10.9 Å². The Balaban J connectivity index is 1.52. The van der Waals surface area contributed by atoms with Crippen molar-refractivity contribution in [2.75, 3.05) is 19.6 Å². The highest BCUT2D eigenvalue weighted by Gasteiger charge is 2.27. The Morgan fingerprint density at radius 1 is 1.17 bits per heavy atom. The van der Waals surface area contributed by atoms with Crippen molar-refractivity contribution in [2.45, 2.75) is 32.2 Å². The quantitative estimate of drug-likeness (QED) is 0.652. The maximum Gasteiger partial charge on any atom is 0.256 e. The molecule has 3 heterocycles. The molecule has 7 heteroatoms. The SMILES string of the molecule is Cc1nn(-c2ccccc2)c(Cl)c1C(=O)NC[C@H](c1ccco1)N1CCCCC1. The molecule has 2 aromatic heterocycles. The first kappa shape index (κ1) is 19.7. The van der Waals surface area contributed by atoms with Crippen LogP contribution >= 0.6 is 11.6 Å². The molecule has 0 bridgehead atoms. The zero-order valence-corrected chi connectivity index (χ0v) is 17.2. The number of rotatable bonds is 6. The van der Waals surface area contributed by atoms with Gasteiger partial charge in [0.15, 0.2) is 0 Å². The van der Waals surface area contributed by atoms with Gasteiger partial charge in [0.2, 0.25) is 0 Å². The summed E-state index contributed by atoms with van der Waals surface area (Å²) in [5.41, 5.74) is 1.83. The first-order valence-corrected chi connectivity index (χ1v) is 10.4. The summed E-state index contributed by atoms with van der Waals surface area (Å²) in [6.45, 7) is 4.27. The van der Waals surface area contributed by atoms with Crippen LogP contribution in [-0.2, 0) is 0 Å². The molecule has 0 unspecified atom stereocenters. The number of benzene rings is 1. The number of piperidine rings is 1. The van der Waals surface area contributed by atoms with E-state index in [9.17, 15) is 4.79 Å². The summed E-state index contributed by atoms with van der Waals surface area (Å²) in [5.74, 6) is 0.651. The van der Waals surface area contributed by atoms with E-state index in [1.807, 2.05) is 42.5 Å². The molecule has 152 valence electrons. The van der Waals surface area contributed by atoms with Crippen molar-refractivity contribution in [3.8, 4) is 5.69 Å². The fourth-order valence-corrected chi connectivity index (χ4v) is 4.25. The van der Waals surface area contributed by atoms with Crippen LogP contribution in [0.4, 0.5) is 0 Å². The number of para-hydroxylation sites is 1. The van der Waals surface area contributed by atoms with Crippen LogP contribution in [-0.4, -0.2) is 40.2 Å². The number of amides is 1. The molecule has 4 rings (SSSR count). The fraction of sp³-hybridized carbons (Fsp3) is 0.364. The molecule has 29 heavy (non-hydrogen) atoms. The highest BCUT2D eigenvalue weighted by Crippen LogP contribution is 2.26.